The van der Waals surface area contributed by atoms with E-state index in [1.807, 2.05) is 0 Å². The Kier molecular flexibility index (Phi) is 8.50. The van der Waals surface area contributed by atoms with Gasteiger partial charge in [-0.2, -0.15) is 0 Å². The number of hydrogen-bond donors (Lipinski definition) is 2. The normalized spacial score (nSPS) is 33.4. The van der Waals surface area contributed by atoms with Crippen LogP contribution in [0.1, 0.15) is 84.5 Å². The highest BCUT2D eigenvalue weighted by atomic mass is 16.5. The maximum atomic E-state index is 13.4. The highest BCUT2D eigenvalue weighted by Crippen LogP contribution is 2.49. The lowest BCUT2D eigenvalue weighted by Gasteiger charge is -2.31. The van der Waals surface area contributed by atoms with Crippen molar-refractivity contribution in [1.29, 1.82) is 0 Å². The molecule has 0 heterocycles. The van der Waals surface area contributed by atoms with E-state index in [2.05, 4.69) is 5.32 Å². The van der Waals surface area contributed by atoms with E-state index < -0.39 is 0 Å². The van der Waals surface area contributed by atoms with Crippen molar-refractivity contribution in [3.63, 3.8) is 0 Å². The Morgan fingerprint density at radius 1 is 0.943 bits per heavy atom. The van der Waals surface area contributed by atoms with Crippen LogP contribution in [0.2, 0.25) is 0 Å². The molecule has 0 aliphatic heterocycles. The molecule has 4 rings (SSSR count). The molecular formula is C27H41N3O5. The highest BCUT2D eigenvalue weighted by Gasteiger charge is 2.52. The van der Waals surface area contributed by atoms with E-state index >= 15 is 0 Å². The zero-order chi connectivity index (χ0) is 24.9. The summed E-state index contributed by atoms with van der Waals surface area (Å²) < 4.78 is 10.6. The molecule has 8 heteroatoms. The maximum absolute atomic E-state index is 13.4. The lowest BCUT2D eigenvalue weighted by atomic mass is 9.82. The van der Waals surface area contributed by atoms with Crippen LogP contribution in [0.4, 0.5) is 0 Å². The fourth-order valence-corrected chi connectivity index (χ4v) is 6.67. The Hall–Kier alpha value is -2.38. The summed E-state index contributed by atoms with van der Waals surface area (Å²) in [6.07, 6.45) is 10.2. The summed E-state index contributed by atoms with van der Waals surface area (Å²) in [5.74, 6) is -0.954. The van der Waals surface area contributed by atoms with Gasteiger partial charge < -0.3 is 20.5 Å². The minimum absolute atomic E-state index is 0.124. The second-order valence-electron chi connectivity index (χ2n) is 10.6. The van der Waals surface area contributed by atoms with E-state index in [-0.39, 0.29) is 59.3 Å². The van der Waals surface area contributed by atoms with Crippen molar-refractivity contribution >= 4 is 23.6 Å². The third kappa shape index (κ3) is 5.72. The number of ether oxygens (including phenoxy) is 2. The number of nitrogens with two attached hydrogens (primary N) is 1. The quantitative estimate of drug-likeness (QED) is 0.419. The maximum Gasteiger partial charge on any atom is 0.311 e. The first-order chi connectivity index (χ1) is 16.9. The molecular weight excluding hydrogens is 446 g/mol. The predicted octanol–water partition coefficient (Wildman–Crippen LogP) is 3.43. The lowest BCUT2D eigenvalue weighted by molar-refractivity contribution is -0.151. The number of fused-ring (bicyclic) bond motifs is 2. The summed E-state index contributed by atoms with van der Waals surface area (Å²) in [5.41, 5.74) is 8.16. The van der Waals surface area contributed by atoms with Crippen LogP contribution in [0.3, 0.4) is 0 Å². The molecule has 0 radical (unpaired) electrons. The average Bonchev–Trinajstić information content (AvgIpc) is 3.46. The molecule has 3 N–H and O–H groups in total. The van der Waals surface area contributed by atoms with Gasteiger partial charge in [0.2, 0.25) is 0 Å². The Bertz CT molecular complexity index is 876. The number of allylic oxidation sites excluding steroid dienone is 1. The highest BCUT2D eigenvalue weighted by molar-refractivity contribution is 6.09. The first-order valence-electron chi connectivity index (χ1n) is 13.6. The van der Waals surface area contributed by atoms with Crippen LogP contribution in [-0.4, -0.2) is 48.9 Å². The molecule has 194 valence electrons. The number of esters is 2. The molecule has 2 bridgehead atoms. The summed E-state index contributed by atoms with van der Waals surface area (Å²) in [7, 11) is 0. The first-order valence-corrected chi connectivity index (χ1v) is 13.6. The van der Waals surface area contributed by atoms with Gasteiger partial charge in [-0.05, 0) is 77.0 Å². The number of amides is 1. The number of nitrogens with one attached hydrogen (secondary N) is 1. The minimum atomic E-state index is -0.368. The molecule has 0 aromatic heterocycles. The molecule has 5 unspecified atom stereocenters. The zero-order valence-corrected chi connectivity index (χ0v) is 21.2. The molecule has 0 aromatic carbocycles. The lowest BCUT2D eigenvalue weighted by Crippen LogP contribution is -2.49. The largest absolute Gasteiger partial charge is 0.466 e. The predicted molar refractivity (Wildman–Crippen MR) is 132 cm³/mol. The molecule has 0 aromatic rings. The summed E-state index contributed by atoms with van der Waals surface area (Å²) in [6.45, 7) is 4.25. The van der Waals surface area contributed by atoms with Gasteiger partial charge in [0, 0.05) is 17.3 Å². The molecule has 4 saturated carbocycles. The van der Waals surface area contributed by atoms with Crippen molar-refractivity contribution in [2.24, 2.45) is 34.4 Å². The summed E-state index contributed by atoms with van der Waals surface area (Å²) >= 11 is 0. The van der Waals surface area contributed by atoms with Crippen molar-refractivity contribution in [2.45, 2.75) is 96.6 Å². The van der Waals surface area contributed by atoms with Gasteiger partial charge in [-0.15, -0.1) is 0 Å². The van der Waals surface area contributed by atoms with Crippen LogP contribution < -0.4 is 11.1 Å². The Labute approximate surface area is 208 Å². The topological polar surface area (TPSA) is 120 Å². The Morgan fingerprint density at radius 3 is 2.34 bits per heavy atom. The van der Waals surface area contributed by atoms with Gasteiger partial charge in [0.15, 0.2) is 0 Å². The molecule has 5 atom stereocenters. The summed E-state index contributed by atoms with van der Waals surface area (Å²) in [4.78, 5) is 43.6. The molecule has 4 aliphatic rings. The molecule has 4 aliphatic carbocycles. The zero-order valence-electron chi connectivity index (χ0n) is 21.2. The van der Waals surface area contributed by atoms with Crippen molar-refractivity contribution < 1.29 is 23.9 Å². The van der Waals surface area contributed by atoms with Crippen molar-refractivity contribution in [3.05, 3.63) is 11.3 Å². The van der Waals surface area contributed by atoms with Gasteiger partial charge in [0.05, 0.1) is 31.1 Å². The summed E-state index contributed by atoms with van der Waals surface area (Å²) in [5, 5.41) is 3.10. The standard InChI is InChI=1S/C27H41N3O5/c1-3-34-26(32)18-12-13-21(29-19-8-6-5-7-9-19)20(15-18)23(28)25(31)30-24-17-11-10-16(14-17)22(24)27(33)35-4-2/h16-19,22,24H,3-15,28H2,1-2H3,(H,30,31). The van der Waals surface area contributed by atoms with Crippen LogP contribution in [0, 0.1) is 23.7 Å². The molecule has 35 heavy (non-hydrogen) atoms. The third-order valence-corrected chi connectivity index (χ3v) is 8.40. The van der Waals surface area contributed by atoms with E-state index in [0.29, 0.717) is 38.0 Å². The van der Waals surface area contributed by atoms with E-state index in [0.717, 1.165) is 37.8 Å². The van der Waals surface area contributed by atoms with Gasteiger partial charge >= 0.3 is 11.9 Å². The molecule has 8 nitrogen and oxygen atoms in total. The van der Waals surface area contributed by atoms with Crippen LogP contribution in [0.15, 0.2) is 16.3 Å². The summed E-state index contributed by atoms with van der Waals surface area (Å²) in [6, 6.07) is -0.00913. The van der Waals surface area contributed by atoms with E-state index in [1.165, 1.54) is 19.3 Å². The monoisotopic (exact) mass is 487 g/mol. The fraction of sp³-hybridized carbons (Fsp3) is 0.778. The number of hydrogen-bond acceptors (Lipinski definition) is 7. The van der Waals surface area contributed by atoms with E-state index in [4.69, 9.17) is 20.2 Å². The second-order valence-corrected chi connectivity index (χ2v) is 10.6. The van der Waals surface area contributed by atoms with Crippen LogP contribution in [0.25, 0.3) is 0 Å². The van der Waals surface area contributed by atoms with Crippen molar-refractivity contribution in [1.82, 2.24) is 5.32 Å². The minimum Gasteiger partial charge on any atom is -0.466 e. The number of carbonyl (C=O) groups is 3. The SMILES string of the molecule is CCOC(=O)C1CCC(=NC2CCCCC2)C(=C(N)C(=O)NC2C3CCC(C3)C2C(=O)OCC)C1. The fourth-order valence-electron chi connectivity index (χ4n) is 6.67. The van der Waals surface area contributed by atoms with E-state index in [1.54, 1.807) is 13.8 Å². The Morgan fingerprint density at radius 2 is 1.63 bits per heavy atom. The van der Waals surface area contributed by atoms with Gasteiger partial charge in [-0.3, -0.25) is 19.4 Å². The Balaban J connectivity index is 1.56. The van der Waals surface area contributed by atoms with Crippen LogP contribution in [0.5, 0.6) is 0 Å². The van der Waals surface area contributed by atoms with E-state index in [9.17, 15) is 14.4 Å². The number of aliphatic imine (C=N–C) groups is 1. The third-order valence-electron chi connectivity index (χ3n) is 8.40. The first kappa shape index (κ1) is 25.7. The molecule has 0 spiro atoms. The molecule has 1 amide bonds. The van der Waals surface area contributed by atoms with Gasteiger partial charge in [0.25, 0.3) is 5.91 Å². The number of carbonyl (C=O) groups excluding carboxylic acids is 3. The van der Waals surface area contributed by atoms with Gasteiger partial charge in [-0.25, -0.2) is 0 Å². The van der Waals surface area contributed by atoms with Crippen molar-refractivity contribution in [2.75, 3.05) is 13.2 Å². The number of rotatable bonds is 7. The van der Waals surface area contributed by atoms with Gasteiger partial charge in [0.1, 0.15) is 5.70 Å². The molecule has 4 fully saturated rings. The average molecular weight is 488 g/mol. The van der Waals surface area contributed by atoms with Crippen LogP contribution in [-0.2, 0) is 23.9 Å². The van der Waals surface area contributed by atoms with Gasteiger partial charge in [-0.1, -0.05) is 19.3 Å². The van der Waals surface area contributed by atoms with Crippen molar-refractivity contribution in [3.8, 4) is 0 Å². The second kappa shape index (κ2) is 11.6. The molecule has 0 saturated heterocycles. The number of nitrogens with zero attached hydrogens (tertiary/aromatic N) is 1. The van der Waals surface area contributed by atoms with Crippen LogP contribution >= 0.6 is 0 Å². The smallest absolute Gasteiger partial charge is 0.311 e.